The Morgan fingerprint density at radius 2 is 1.73 bits per heavy atom. The van der Waals surface area contributed by atoms with E-state index in [1.54, 1.807) is 6.20 Å². The van der Waals surface area contributed by atoms with E-state index in [4.69, 9.17) is 17.3 Å². The Morgan fingerprint density at radius 3 is 2.47 bits per heavy atom. The van der Waals surface area contributed by atoms with Gasteiger partial charge in [0.15, 0.2) is 0 Å². The fourth-order valence-electron chi connectivity index (χ4n) is 4.00. The van der Waals surface area contributed by atoms with E-state index < -0.39 is 0 Å². The van der Waals surface area contributed by atoms with Crippen LogP contribution in [0.3, 0.4) is 0 Å². The second kappa shape index (κ2) is 7.15. The Morgan fingerprint density at radius 1 is 0.967 bits per heavy atom. The summed E-state index contributed by atoms with van der Waals surface area (Å²) >= 11 is 6.15. The highest BCUT2D eigenvalue weighted by Gasteiger charge is 2.28. The zero-order chi connectivity index (χ0) is 20.8. The van der Waals surface area contributed by atoms with E-state index in [9.17, 15) is 0 Å². The average Bonchev–Trinajstić information content (AvgIpc) is 3.08. The summed E-state index contributed by atoms with van der Waals surface area (Å²) in [6.07, 6.45) is 1.80. The van der Waals surface area contributed by atoms with Crippen LogP contribution in [0.1, 0.15) is 24.5 Å². The second-order valence-corrected chi connectivity index (χ2v) is 8.04. The Labute approximate surface area is 180 Å². The van der Waals surface area contributed by atoms with Gasteiger partial charge in [-0.05, 0) is 61.0 Å². The first-order valence-corrected chi connectivity index (χ1v) is 10.2. The summed E-state index contributed by atoms with van der Waals surface area (Å²) in [4.78, 5) is 6.57. The molecule has 2 aromatic carbocycles. The van der Waals surface area contributed by atoms with Crippen LogP contribution in [0.5, 0.6) is 0 Å². The van der Waals surface area contributed by atoms with Crippen LogP contribution in [0.4, 0.5) is 17.2 Å². The van der Waals surface area contributed by atoms with Gasteiger partial charge in [-0.15, -0.1) is 10.2 Å². The van der Waals surface area contributed by atoms with Crippen LogP contribution in [-0.4, -0.2) is 26.3 Å². The van der Waals surface area contributed by atoms with Crippen molar-refractivity contribution in [3.63, 3.8) is 0 Å². The molecular formula is C23H21ClN6. The predicted molar refractivity (Wildman–Crippen MR) is 121 cm³/mol. The Bertz CT molecular complexity index is 1210. The number of pyridine rings is 1. The van der Waals surface area contributed by atoms with Gasteiger partial charge in [-0.25, -0.2) is 4.98 Å². The predicted octanol–water partition coefficient (Wildman–Crippen LogP) is 5.13. The lowest BCUT2D eigenvalue weighted by atomic mass is 10.0. The Hall–Kier alpha value is -3.38. The van der Waals surface area contributed by atoms with Crippen LogP contribution in [0.2, 0.25) is 5.02 Å². The summed E-state index contributed by atoms with van der Waals surface area (Å²) in [6, 6.07) is 18.2. The van der Waals surface area contributed by atoms with Crippen molar-refractivity contribution in [2.24, 2.45) is 0 Å². The number of rotatable bonds is 2. The quantitative estimate of drug-likeness (QED) is 0.490. The van der Waals surface area contributed by atoms with E-state index in [2.05, 4.69) is 61.9 Å². The van der Waals surface area contributed by atoms with Gasteiger partial charge in [0, 0.05) is 34.9 Å². The van der Waals surface area contributed by atoms with E-state index in [-0.39, 0.29) is 5.92 Å². The van der Waals surface area contributed by atoms with E-state index >= 15 is 0 Å². The molecule has 6 nitrogen and oxygen atoms in total. The van der Waals surface area contributed by atoms with E-state index in [1.807, 2.05) is 31.2 Å². The molecule has 0 bridgehead atoms. The molecule has 2 aromatic heterocycles. The Balaban J connectivity index is 1.73. The van der Waals surface area contributed by atoms with Crippen LogP contribution >= 0.6 is 11.6 Å². The maximum absolute atomic E-state index is 6.15. The Kier molecular flexibility index (Phi) is 4.44. The highest BCUT2D eigenvalue weighted by atomic mass is 35.5. The molecule has 1 aliphatic heterocycles. The van der Waals surface area contributed by atoms with Gasteiger partial charge in [-0.1, -0.05) is 24.6 Å². The van der Waals surface area contributed by atoms with Crippen molar-refractivity contribution >= 4 is 28.8 Å². The van der Waals surface area contributed by atoms with Crippen molar-refractivity contribution < 1.29 is 0 Å². The number of nitrogens with zero attached hydrogens (tertiary/aromatic N) is 5. The van der Waals surface area contributed by atoms with Crippen LogP contribution in [-0.2, 0) is 0 Å². The lowest BCUT2D eigenvalue weighted by Gasteiger charge is -2.27. The second-order valence-electron chi connectivity index (χ2n) is 7.60. The van der Waals surface area contributed by atoms with Gasteiger partial charge < -0.3 is 10.6 Å². The van der Waals surface area contributed by atoms with E-state index in [0.717, 1.165) is 51.4 Å². The molecule has 2 N–H and O–H groups in total. The summed E-state index contributed by atoms with van der Waals surface area (Å²) in [6.45, 7) is 4.94. The highest BCUT2D eigenvalue weighted by molar-refractivity contribution is 6.30. The van der Waals surface area contributed by atoms with Gasteiger partial charge in [0.2, 0.25) is 0 Å². The van der Waals surface area contributed by atoms with Crippen molar-refractivity contribution in [3.8, 4) is 16.8 Å². The van der Waals surface area contributed by atoms with Crippen molar-refractivity contribution in [3.05, 3.63) is 77.5 Å². The smallest absolute Gasteiger partial charge is 0.142 e. The van der Waals surface area contributed by atoms with Crippen LogP contribution in [0, 0.1) is 6.92 Å². The molecule has 0 amide bonds. The molecule has 0 aliphatic carbocycles. The minimum atomic E-state index is 0.191. The molecule has 0 saturated carbocycles. The van der Waals surface area contributed by atoms with Crippen molar-refractivity contribution in [2.75, 3.05) is 17.2 Å². The number of halogens is 1. The van der Waals surface area contributed by atoms with Crippen LogP contribution < -0.4 is 10.6 Å². The van der Waals surface area contributed by atoms with Crippen molar-refractivity contribution in [1.29, 1.82) is 0 Å². The standard InChI is InChI=1S/C23H21ClN6/c1-14-13-29(19-7-5-18(24)6-8-19)21-11-16(17-4-10-22(25)26-12-17)3-9-20(21)30-15(2)27-28-23(14)30/h3-12,14H,13H2,1-2H3,(H2,25,26)/t14-/m1/s1. The summed E-state index contributed by atoms with van der Waals surface area (Å²) in [5.74, 6) is 2.54. The average molecular weight is 417 g/mol. The van der Waals surface area contributed by atoms with Gasteiger partial charge in [0.25, 0.3) is 0 Å². The molecule has 5 rings (SSSR count). The summed E-state index contributed by atoms with van der Waals surface area (Å²) in [7, 11) is 0. The van der Waals surface area contributed by atoms with Crippen LogP contribution in [0.15, 0.2) is 60.8 Å². The molecule has 0 unspecified atom stereocenters. The molecule has 1 aliphatic rings. The summed E-state index contributed by atoms with van der Waals surface area (Å²) in [5, 5.41) is 9.53. The molecule has 3 heterocycles. The van der Waals surface area contributed by atoms with Gasteiger partial charge in [-0.2, -0.15) is 0 Å². The third-order valence-corrected chi connectivity index (χ3v) is 5.76. The SMILES string of the molecule is Cc1nnc2n1-c1ccc(-c3ccc(N)nc3)cc1N(c1ccc(Cl)cc1)C[C@H]2C. The molecule has 1 atom stereocenters. The molecule has 0 fully saturated rings. The highest BCUT2D eigenvalue weighted by Crippen LogP contribution is 2.40. The normalized spacial score (nSPS) is 15.4. The fourth-order valence-corrected chi connectivity index (χ4v) is 4.13. The first-order valence-electron chi connectivity index (χ1n) is 9.82. The maximum Gasteiger partial charge on any atom is 0.142 e. The third kappa shape index (κ3) is 3.09. The van der Waals surface area contributed by atoms with Crippen molar-refractivity contribution in [1.82, 2.24) is 19.7 Å². The number of hydrogen-bond acceptors (Lipinski definition) is 5. The summed E-state index contributed by atoms with van der Waals surface area (Å²) in [5.41, 5.74) is 11.1. The first-order chi connectivity index (χ1) is 14.5. The molecular weight excluding hydrogens is 396 g/mol. The lowest BCUT2D eigenvalue weighted by Crippen LogP contribution is -2.22. The third-order valence-electron chi connectivity index (χ3n) is 5.51. The minimum absolute atomic E-state index is 0.191. The van der Waals surface area contributed by atoms with Crippen LogP contribution in [0.25, 0.3) is 16.8 Å². The van der Waals surface area contributed by atoms with E-state index in [0.29, 0.717) is 5.82 Å². The maximum atomic E-state index is 6.15. The molecule has 0 radical (unpaired) electrons. The molecule has 4 aromatic rings. The van der Waals surface area contributed by atoms with Gasteiger partial charge in [0.1, 0.15) is 17.5 Å². The molecule has 30 heavy (non-hydrogen) atoms. The van der Waals surface area contributed by atoms with Gasteiger partial charge >= 0.3 is 0 Å². The largest absolute Gasteiger partial charge is 0.384 e. The number of benzene rings is 2. The molecule has 150 valence electrons. The fraction of sp³-hybridized carbons (Fsp3) is 0.174. The van der Waals surface area contributed by atoms with Gasteiger partial charge in [0.05, 0.1) is 11.4 Å². The zero-order valence-corrected chi connectivity index (χ0v) is 17.5. The number of fused-ring (bicyclic) bond motifs is 3. The number of anilines is 3. The lowest BCUT2D eigenvalue weighted by molar-refractivity contribution is 0.696. The number of nitrogens with two attached hydrogens (primary N) is 1. The van der Waals surface area contributed by atoms with Gasteiger partial charge in [-0.3, -0.25) is 4.57 Å². The molecule has 7 heteroatoms. The molecule has 0 saturated heterocycles. The van der Waals surface area contributed by atoms with E-state index in [1.165, 1.54) is 0 Å². The molecule has 0 spiro atoms. The monoisotopic (exact) mass is 416 g/mol. The number of hydrogen-bond donors (Lipinski definition) is 1. The van der Waals surface area contributed by atoms with Crippen molar-refractivity contribution in [2.45, 2.75) is 19.8 Å². The summed E-state index contributed by atoms with van der Waals surface area (Å²) < 4.78 is 2.15. The first kappa shape index (κ1) is 18.6. The number of nitrogen functional groups attached to an aromatic ring is 1. The minimum Gasteiger partial charge on any atom is -0.384 e. The number of aromatic nitrogens is 4. The topological polar surface area (TPSA) is 72.9 Å². The zero-order valence-electron chi connectivity index (χ0n) is 16.7. The number of aryl methyl sites for hydroxylation is 1.